The number of halogens is 1. The van der Waals surface area contributed by atoms with Crippen molar-refractivity contribution in [3.8, 4) is 5.75 Å². The molecule has 2 bridgehead atoms. The summed E-state index contributed by atoms with van der Waals surface area (Å²) in [7, 11) is -1.12. The Hall–Kier alpha value is -3.28. The number of aryl methyl sites for hydroxylation is 1. The number of nitrogens with one attached hydrogen (secondary N) is 1. The normalized spacial score (nSPS) is 28.4. The summed E-state index contributed by atoms with van der Waals surface area (Å²) in [5, 5.41) is 0.704. The van der Waals surface area contributed by atoms with Gasteiger partial charge in [-0.3, -0.25) is 4.79 Å². The van der Waals surface area contributed by atoms with E-state index in [0.29, 0.717) is 36.2 Å². The summed E-state index contributed by atoms with van der Waals surface area (Å²) in [6, 6.07) is 10.6. The van der Waals surface area contributed by atoms with Gasteiger partial charge in [0.05, 0.1) is 36.9 Å². The third-order valence-corrected chi connectivity index (χ3v) is 11.8. The van der Waals surface area contributed by atoms with E-state index in [1.54, 1.807) is 30.2 Å². The highest BCUT2D eigenvalue weighted by Crippen LogP contribution is 2.47. The predicted molar refractivity (Wildman–Crippen MR) is 175 cm³/mol. The molecule has 2 aliphatic heterocycles. The number of anilines is 1. The quantitative estimate of drug-likeness (QED) is 0.418. The largest absolute Gasteiger partial charge is 0.490 e. The number of hydrogen-bond acceptors (Lipinski definition) is 8. The minimum Gasteiger partial charge on any atom is -0.490 e. The molecule has 4 atom stereocenters. The second-order valence-electron chi connectivity index (χ2n) is 13.5. The molecule has 1 saturated carbocycles. The van der Waals surface area contributed by atoms with Gasteiger partial charge in [-0.15, -0.1) is 0 Å². The van der Waals surface area contributed by atoms with Gasteiger partial charge < -0.3 is 24.0 Å². The van der Waals surface area contributed by atoms with Gasteiger partial charge in [-0.05, 0) is 99.2 Å². The van der Waals surface area contributed by atoms with Gasteiger partial charge >= 0.3 is 6.09 Å². The predicted octanol–water partition coefficient (Wildman–Crippen LogP) is 5.08. The van der Waals surface area contributed by atoms with Crippen LogP contribution < -0.4 is 14.4 Å². The number of amides is 2. The van der Waals surface area contributed by atoms with Crippen LogP contribution in [0.4, 0.5) is 10.5 Å². The van der Waals surface area contributed by atoms with E-state index >= 15 is 0 Å². The number of methoxy groups -OCH3 is 1. The molecule has 10 nitrogen and oxygen atoms in total. The van der Waals surface area contributed by atoms with Crippen molar-refractivity contribution in [3.63, 3.8) is 0 Å². The van der Waals surface area contributed by atoms with E-state index in [9.17, 15) is 18.0 Å². The number of carbonyl (C=O) groups is 2. The minimum atomic E-state index is -4.23. The molecule has 1 N–H and O–H groups in total. The van der Waals surface area contributed by atoms with Gasteiger partial charge in [-0.25, -0.2) is 17.9 Å². The fourth-order valence-electron chi connectivity index (χ4n) is 7.46. The van der Waals surface area contributed by atoms with Crippen LogP contribution in [0.1, 0.15) is 50.7 Å². The zero-order chi connectivity index (χ0) is 32.9. The third-order valence-electron chi connectivity index (χ3n) is 10.2. The van der Waals surface area contributed by atoms with Crippen LogP contribution in [0.3, 0.4) is 0 Å². The lowest BCUT2D eigenvalue weighted by Gasteiger charge is -2.47. The van der Waals surface area contributed by atoms with Gasteiger partial charge in [0.2, 0.25) is 0 Å². The average Bonchev–Trinajstić information content (AvgIpc) is 3.16. The summed E-state index contributed by atoms with van der Waals surface area (Å²) < 4.78 is 46.8. The van der Waals surface area contributed by atoms with Crippen LogP contribution in [0.15, 0.2) is 53.4 Å². The van der Waals surface area contributed by atoms with Crippen LogP contribution in [0.5, 0.6) is 5.75 Å². The number of hydrogen-bond donors (Lipinski definition) is 1. The van der Waals surface area contributed by atoms with Crippen molar-refractivity contribution < 1.29 is 32.2 Å². The fourth-order valence-corrected chi connectivity index (χ4v) is 8.78. The van der Waals surface area contributed by atoms with Crippen molar-refractivity contribution in [3.05, 3.63) is 64.7 Å². The van der Waals surface area contributed by atoms with Crippen LogP contribution >= 0.6 is 11.6 Å². The molecule has 2 amide bonds. The molecule has 2 aromatic rings. The number of nitrogens with zero attached hydrogens (tertiary/aromatic N) is 2. The number of ether oxygens (including phenoxy) is 3. The Labute approximate surface area is 276 Å². The smallest absolute Gasteiger partial charge is 0.409 e. The molecule has 0 radical (unpaired) electrons. The molecule has 12 heteroatoms. The monoisotopic (exact) mass is 671 g/mol. The zero-order valence-corrected chi connectivity index (χ0v) is 28.3. The van der Waals surface area contributed by atoms with Crippen LogP contribution in [0.25, 0.3) is 0 Å². The molecule has 248 valence electrons. The van der Waals surface area contributed by atoms with E-state index in [0.717, 1.165) is 32.1 Å². The molecule has 2 aromatic carbocycles. The Morgan fingerprint density at radius 3 is 2.72 bits per heavy atom. The van der Waals surface area contributed by atoms with Crippen molar-refractivity contribution >= 4 is 39.3 Å². The summed E-state index contributed by atoms with van der Waals surface area (Å²) in [5.41, 5.74) is 1.30. The first-order chi connectivity index (χ1) is 21.8. The van der Waals surface area contributed by atoms with Crippen molar-refractivity contribution in [2.45, 2.75) is 67.9 Å². The van der Waals surface area contributed by atoms with Crippen LogP contribution in [0.2, 0.25) is 5.02 Å². The minimum absolute atomic E-state index is 0.0313. The number of fused-ring (bicyclic) bond motifs is 4. The van der Waals surface area contributed by atoms with E-state index in [1.807, 2.05) is 18.2 Å². The van der Waals surface area contributed by atoms with Gasteiger partial charge in [0.25, 0.3) is 15.9 Å². The maximum absolute atomic E-state index is 13.6. The lowest BCUT2D eigenvalue weighted by atomic mass is 9.67. The van der Waals surface area contributed by atoms with Gasteiger partial charge in [0.15, 0.2) is 0 Å². The molecular formula is C34H42ClN3O7S. The lowest BCUT2D eigenvalue weighted by molar-refractivity contribution is -0.139. The summed E-state index contributed by atoms with van der Waals surface area (Å²) in [4.78, 5) is 29.8. The Balaban J connectivity index is 1.45. The highest BCUT2D eigenvalue weighted by atomic mass is 35.5. The molecule has 4 aliphatic rings. The number of sulfonamides is 1. The highest BCUT2D eigenvalue weighted by Gasteiger charge is 2.45. The van der Waals surface area contributed by atoms with Gasteiger partial charge in [-0.1, -0.05) is 29.8 Å². The molecule has 1 fully saturated rings. The van der Waals surface area contributed by atoms with Gasteiger partial charge in [0, 0.05) is 30.6 Å². The number of rotatable bonds is 1. The zero-order valence-electron chi connectivity index (χ0n) is 26.8. The topological polar surface area (TPSA) is 114 Å². The van der Waals surface area contributed by atoms with Gasteiger partial charge in [0.1, 0.15) is 11.4 Å². The first-order valence-electron chi connectivity index (χ1n) is 15.8. The second-order valence-corrected chi connectivity index (χ2v) is 15.6. The molecular weight excluding hydrogens is 630 g/mol. The average molecular weight is 672 g/mol. The molecule has 0 saturated heterocycles. The van der Waals surface area contributed by atoms with Crippen LogP contribution in [-0.2, 0) is 36.1 Å². The lowest BCUT2D eigenvalue weighted by Crippen LogP contribution is -2.52. The molecule has 0 aromatic heterocycles. The van der Waals surface area contributed by atoms with Crippen molar-refractivity contribution in [2.24, 2.45) is 11.8 Å². The summed E-state index contributed by atoms with van der Waals surface area (Å²) >= 11 is 6.41. The van der Waals surface area contributed by atoms with Crippen LogP contribution in [0, 0.1) is 11.8 Å². The van der Waals surface area contributed by atoms with Crippen molar-refractivity contribution in [1.29, 1.82) is 0 Å². The van der Waals surface area contributed by atoms with E-state index in [4.69, 9.17) is 25.8 Å². The van der Waals surface area contributed by atoms with Gasteiger partial charge in [-0.2, -0.15) is 0 Å². The molecule has 46 heavy (non-hydrogen) atoms. The van der Waals surface area contributed by atoms with Crippen molar-refractivity contribution in [1.82, 2.24) is 9.62 Å². The number of carbonyl (C=O) groups excluding carboxylic acids is 2. The summed E-state index contributed by atoms with van der Waals surface area (Å²) in [5.74, 6) is 0.127. The standard InChI is InChI=1S/C34H42ClN3O7S/c1-33(2)31(39)36-46(41,42)25-11-14-30-29(18-25)38(20-34(21-44-30)15-5-7-22-17-24(35)10-13-27(22)34)19-23-9-12-26(23)28(8-6-16-45-33)37(3)32(40)43-4/h6,8,10-11,13-14,17-18,23,26,28H,5,7,9,12,15-16,19-21H2,1-4H3,(H,36,39)/t23-,26+,28-,34-/m0/s1. The number of benzene rings is 2. The Bertz CT molecular complexity index is 1660. The second kappa shape index (κ2) is 12.4. The fraction of sp³-hybridized carbons (Fsp3) is 0.529. The molecule has 6 rings (SSSR count). The van der Waals surface area contributed by atoms with Crippen molar-refractivity contribution in [2.75, 3.05) is 45.4 Å². The Morgan fingerprint density at radius 2 is 1.98 bits per heavy atom. The Morgan fingerprint density at radius 1 is 1.17 bits per heavy atom. The molecule has 0 unspecified atom stereocenters. The summed E-state index contributed by atoms with van der Waals surface area (Å²) in [6.45, 7) is 4.78. The van der Waals surface area contributed by atoms with E-state index in [2.05, 4.69) is 15.7 Å². The van der Waals surface area contributed by atoms with E-state index < -0.39 is 27.6 Å². The molecule has 1 spiro atoms. The van der Waals surface area contributed by atoms with E-state index in [1.165, 1.54) is 38.2 Å². The van der Waals surface area contributed by atoms with E-state index in [-0.39, 0.29) is 34.8 Å². The molecule has 2 heterocycles. The molecule has 2 aliphatic carbocycles. The first-order valence-corrected chi connectivity index (χ1v) is 17.7. The Kier molecular flexibility index (Phi) is 8.80. The summed E-state index contributed by atoms with van der Waals surface area (Å²) in [6.07, 6.45) is 7.97. The highest BCUT2D eigenvalue weighted by molar-refractivity contribution is 7.90. The number of likely N-dealkylation sites (N-methyl/N-ethyl adjacent to an activating group) is 1. The third kappa shape index (κ3) is 6.09. The first kappa shape index (κ1) is 32.7. The SMILES string of the molecule is COC(=O)N(C)[C@H]1C=CCOC(C)(C)C(=O)NS(=O)(=O)c2ccc3c(c2)N(C[C@@H]2CC[C@H]21)C[C@@]1(CCCc2cc(Cl)ccc21)CO3. The maximum atomic E-state index is 13.6. The van der Waals surface area contributed by atoms with Crippen LogP contribution in [-0.4, -0.2) is 77.4 Å². The maximum Gasteiger partial charge on any atom is 0.409 e.